The molecule has 2 aromatic carbocycles. The van der Waals surface area contributed by atoms with E-state index in [0.29, 0.717) is 25.9 Å². The molecule has 3 rings (SSSR count). The number of nitrogens with zero attached hydrogens (tertiary/aromatic N) is 1. The van der Waals surface area contributed by atoms with Gasteiger partial charge >= 0.3 is 0 Å². The Balaban J connectivity index is 1.68. The predicted molar refractivity (Wildman–Crippen MR) is 142 cm³/mol. The Hall–Kier alpha value is -3.37. The number of amides is 3. The molecule has 0 saturated heterocycles. The van der Waals surface area contributed by atoms with Crippen molar-refractivity contribution in [2.75, 3.05) is 10.6 Å². The topological polar surface area (TPSA) is 116 Å². The normalized spacial score (nSPS) is 12.2. The van der Waals surface area contributed by atoms with Gasteiger partial charge in [-0.3, -0.25) is 24.8 Å². The zero-order valence-electron chi connectivity index (χ0n) is 20.3. The molecule has 0 bridgehead atoms. The molecule has 1 aromatic heterocycles. The number of carbonyl (C=O) groups excluding carboxylic acids is 3. The number of H-pyrrole nitrogens is 1. The monoisotopic (exact) mass is 511 g/mol. The third-order valence-electron chi connectivity index (χ3n) is 5.30. The van der Waals surface area contributed by atoms with E-state index in [0.717, 1.165) is 16.9 Å². The summed E-state index contributed by atoms with van der Waals surface area (Å²) in [6, 6.07) is 13.2. The number of hydrogen-bond donors (Lipinski definition) is 4. The molecule has 8 nitrogen and oxygen atoms in total. The van der Waals surface area contributed by atoms with Gasteiger partial charge in [-0.1, -0.05) is 64.2 Å². The van der Waals surface area contributed by atoms with Gasteiger partial charge in [0.25, 0.3) is 11.8 Å². The third-order valence-corrected chi connectivity index (χ3v) is 6.30. The molecule has 10 heteroatoms. The lowest BCUT2D eigenvalue weighted by atomic mass is 9.87. The molecule has 1 unspecified atom stereocenters. The largest absolute Gasteiger partial charge is 0.340 e. The molecule has 1 atom stereocenters. The van der Waals surface area contributed by atoms with Crippen LogP contribution in [-0.2, 0) is 10.2 Å². The molecular weight excluding hydrogens is 482 g/mol. The molecule has 0 aliphatic heterocycles. The Morgan fingerprint density at radius 2 is 1.66 bits per heavy atom. The Morgan fingerprint density at radius 1 is 0.971 bits per heavy atom. The van der Waals surface area contributed by atoms with Crippen molar-refractivity contribution >= 4 is 52.1 Å². The summed E-state index contributed by atoms with van der Waals surface area (Å²) in [4.78, 5) is 38.3. The average molecular weight is 512 g/mol. The van der Waals surface area contributed by atoms with Gasteiger partial charge < -0.3 is 10.6 Å². The Labute approximate surface area is 213 Å². The first-order chi connectivity index (χ1) is 16.4. The van der Waals surface area contributed by atoms with Crippen molar-refractivity contribution in [3.63, 3.8) is 0 Å². The van der Waals surface area contributed by atoms with Crippen LogP contribution in [0.25, 0.3) is 0 Å². The van der Waals surface area contributed by atoms with Gasteiger partial charge in [-0.15, -0.1) is 5.10 Å². The zero-order chi connectivity index (χ0) is 25.8. The molecule has 0 radical (unpaired) electrons. The number of anilines is 2. The lowest BCUT2D eigenvalue weighted by Gasteiger charge is -2.21. The Kier molecular flexibility index (Phi) is 8.18. The van der Waals surface area contributed by atoms with E-state index in [1.54, 1.807) is 36.4 Å². The summed E-state index contributed by atoms with van der Waals surface area (Å²) in [7, 11) is 0. The van der Waals surface area contributed by atoms with Crippen LogP contribution in [0.15, 0.2) is 48.5 Å². The lowest BCUT2D eigenvalue weighted by Crippen LogP contribution is -2.47. The van der Waals surface area contributed by atoms with E-state index in [9.17, 15) is 14.4 Å². The number of benzene rings is 2. The standard InChI is InChI=1S/C25H29N5O3S2/c1-14(2)19(22(33)28-23-29-30-24(34)35-23)27-21(32)16-7-6-8-18(13-16)26-20(31)15-9-11-17(12-10-15)25(3,4)5/h6-14,19H,1-5H3,(H,26,31)(H,27,32)(H,30,34)(H,28,29,33). The fraction of sp³-hybridized carbons (Fsp3) is 0.320. The smallest absolute Gasteiger partial charge is 0.255 e. The fourth-order valence-corrected chi connectivity index (χ4v) is 4.08. The minimum Gasteiger partial charge on any atom is -0.340 e. The van der Waals surface area contributed by atoms with Crippen LogP contribution in [0.3, 0.4) is 0 Å². The molecule has 3 aromatic rings. The maximum atomic E-state index is 12.9. The van der Waals surface area contributed by atoms with Crippen LogP contribution < -0.4 is 16.0 Å². The van der Waals surface area contributed by atoms with E-state index in [2.05, 4.69) is 46.9 Å². The zero-order valence-corrected chi connectivity index (χ0v) is 21.9. The van der Waals surface area contributed by atoms with Crippen molar-refractivity contribution in [3.8, 4) is 0 Å². The van der Waals surface area contributed by atoms with Crippen LogP contribution >= 0.6 is 23.6 Å². The molecule has 4 N–H and O–H groups in total. The highest BCUT2D eigenvalue weighted by Crippen LogP contribution is 2.22. The number of carbonyl (C=O) groups is 3. The molecule has 0 fully saturated rings. The molecule has 3 amide bonds. The van der Waals surface area contributed by atoms with E-state index in [4.69, 9.17) is 12.2 Å². The van der Waals surface area contributed by atoms with Crippen LogP contribution in [-0.4, -0.2) is 34.0 Å². The first-order valence-electron chi connectivity index (χ1n) is 11.1. The van der Waals surface area contributed by atoms with Crippen molar-refractivity contribution in [2.24, 2.45) is 5.92 Å². The number of aromatic nitrogens is 2. The number of hydrogen-bond acceptors (Lipinski definition) is 6. The maximum Gasteiger partial charge on any atom is 0.255 e. The third kappa shape index (κ3) is 7.06. The van der Waals surface area contributed by atoms with Crippen molar-refractivity contribution in [1.82, 2.24) is 15.5 Å². The van der Waals surface area contributed by atoms with Crippen LogP contribution in [0, 0.1) is 9.87 Å². The summed E-state index contributed by atoms with van der Waals surface area (Å²) in [5, 5.41) is 15.1. The van der Waals surface area contributed by atoms with Crippen molar-refractivity contribution in [1.29, 1.82) is 0 Å². The second kappa shape index (κ2) is 10.9. The van der Waals surface area contributed by atoms with Crippen LogP contribution in [0.5, 0.6) is 0 Å². The summed E-state index contributed by atoms with van der Waals surface area (Å²) in [5.41, 5.74) is 2.44. The minimum atomic E-state index is -0.792. The summed E-state index contributed by atoms with van der Waals surface area (Å²) in [6.07, 6.45) is 0. The van der Waals surface area contributed by atoms with Crippen LogP contribution in [0.2, 0.25) is 0 Å². The molecule has 1 heterocycles. The number of nitrogens with one attached hydrogen (secondary N) is 4. The van der Waals surface area contributed by atoms with Gasteiger partial charge in [0.05, 0.1) is 0 Å². The number of aromatic amines is 1. The summed E-state index contributed by atoms with van der Waals surface area (Å²) in [5.74, 6) is -1.28. The van der Waals surface area contributed by atoms with Crippen molar-refractivity contribution in [3.05, 3.63) is 69.2 Å². The molecule has 184 valence electrons. The van der Waals surface area contributed by atoms with Gasteiger partial charge in [0.1, 0.15) is 6.04 Å². The van der Waals surface area contributed by atoms with Gasteiger partial charge in [0, 0.05) is 16.8 Å². The van der Waals surface area contributed by atoms with Gasteiger partial charge in [-0.2, -0.15) is 0 Å². The second-order valence-electron chi connectivity index (χ2n) is 9.46. The quantitative estimate of drug-likeness (QED) is 0.328. The molecule has 0 aliphatic rings. The second-order valence-corrected chi connectivity index (χ2v) is 11.1. The lowest BCUT2D eigenvalue weighted by molar-refractivity contribution is -0.118. The highest BCUT2D eigenvalue weighted by molar-refractivity contribution is 7.73. The van der Waals surface area contributed by atoms with Crippen molar-refractivity contribution in [2.45, 2.75) is 46.1 Å². The minimum absolute atomic E-state index is 0.00549. The maximum absolute atomic E-state index is 12.9. The van der Waals surface area contributed by atoms with E-state index < -0.39 is 17.9 Å². The van der Waals surface area contributed by atoms with Gasteiger partial charge in [-0.05, 0) is 59.4 Å². The first kappa shape index (κ1) is 26.2. The van der Waals surface area contributed by atoms with E-state index in [1.807, 2.05) is 26.0 Å². The highest BCUT2D eigenvalue weighted by Gasteiger charge is 2.25. The van der Waals surface area contributed by atoms with Crippen molar-refractivity contribution < 1.29 is 14.4 Å². The fourth-order valence-electron chi connectivity index (χ4n) is 3.29. The predicted octanol–water partition coefficient (Wildman–Crippen LogP) is 5.14. The molecule has 0 spiro atoms. The van der Waals surface area contributed by atoms with Crippen LogP contribution in [0.1, 0.15) is 60.9 Å². The van der Waals surface area contributed by atoms with Gasteiger partial charge in [0.15, 0.2) is 3.95 Å². The Bertz CT molecular complexity index is 1270. The molecule has 35 heavy (non-hydrogen) atoms. The van der Waals surface area contributed by atoms with Gasteiger partial charge in [-0.25, -0.2) is 0 Å². The van der Waals surface area contributed by atoms with E-state index in [-0.39, 0.29) is 17.2 Å². The summed E-state index contributed by atoms with van der Waals surface area (Å²) < 4.78 is 0.439. The SMILES string of the molecule is CC(C)C(NC(=O)c1cccc(NC(=O)c2ccc(C(C)(C)C)cc2)c1)C(=O)Nc1n[nH]c(=S)s1. The summed E-state index contributed by atoms with van der Waals surface area (Å²) in [6.45, 7) is 10.00. The summed E-state index contributed by atoms with van der Waals surface area (Å²) >= 11 is 6.11. The first-order valence-corrected chi connectivity index (χ1v) is 12.4. The van der Waals surface area contributed by atoms with E-state index >= 15 is 0 Å². The highest BCUT2D eigenvalue weighted by atomic mass is 32.1. The van der Waals surface area contributed by atoms with Gasteiger partial charge in [0.2, 0.25) is 11.0 Å². The van der Waals surface area contributed by atoms with E-state index in [1.165, 1.54) is 0 Å². The van der Waals surface area contributed by atoms with Crippen LogP contribution in [0.4, 0.5) is 10.8 Å². The average Bonchev–Trinajstić information content (AvgIpc) is 3.21. The number of rotatable bonds is 7. The Morgan fingerprint density at radius 3 is 2.23 bits per heavy atom. The molecule has 0 saturated carbocycles. The molecular formula is C25H29N5O3S2. The molecule has 0 aliphatic carbocycles.